The lowest BCUT2D eigenvalue weighted by Crippen LogP contribution is -2.53. The molecule has 1 atom stereocenters. The first-order valence-corrected chi connectivity index (χ1v) is 5.68. The van der Waals surface area contributed by atoms with Crippen molar-refractivity contribution in [2.24, 2.45) is 17.1 Å². The summed E-state index contributed by atoms with van der Waals surface area (Å²) in [4.78, 5) is 22.7. The second-order valence-electron chi connectivity index (χ2n) is 5.89. The minimum absolute atomic E-state index is 0.115. The summed E-state index contributed by atoms with van der Waals surface area (Å²) in [5, 5.41) is 9.08. The van der Waals surface area contributed by atoms with Crippen LogP contribution < -0.4 is 5.73 Å². The molecule has 0 aromatic heterocycles. The Labute approximate surface area is 102 Å². The molecule has 0 aliphatic carbocycles. The fraction of sp³-hybridized carbons (Fsp3) is 0.833. The molecular weight excluding hydrogens is 222 g/mol. The van der Waals surface area contributed by atoms with Crippen LogP contribution in [0.3, 0.4) is 0 Å². The number of hydrogen-bond acceptors (Lipinski definition) is 4. The van der Waals surface area contributed by atoms with E-state index >= 15 is 0 Å². The van der Waals surface area contributed by atoms with Crippen LogP contribution in [0.25, 0.3) is 0 Å². The molecule has 0 unspecified atom stereocenters. The molecule has 0 aromatic carbocycles. The lowest BCUT2D eigenvalue weighted by molar-refractivity contribution is -0.159. The zero-order valence-corrected chi connectivity index (χ0v) is 11.2. The average Bonchev–Trinajstić information content (AvgIpc) is 2.11. The Kier molecular flexibility index (Phi) is 5.13. The van der Waals surface area contributed by atoms with Crippen molar-refractivity contribution in [2.45, 2.75) is 46.6 Å². The number of esters is 1. The molecule has 0 aliphatic heterocycles. The van der Waals surface area contributed by atoms with Crippen molar-refractivity contribution in [2.75, 3.05) is 6.61 Å². The molecule has 100 valence electrons. The van der Waals surface area contributed by atoms with Gasteiger partial charge in [0.15, 0.2) is 0 Å². The van der Waals surface area contributed by atoms with E-state index in [1.807, 2.05) is 13.8 Å². The van der Waals surface area contributed by atoms with Crippen molar-refractivity contribution in [3.63, 3.8) is 0 Å². The van der Waals surface area contributed by atoms with Crippen LogP contribution in [0.15, 0.2) is 0 Å². The van der Waals surface area contributed by atoms with Crippen LogP contribution in [0.5, 0.6) is 0 Å². The van der Waals surface area contributed by atoms with Gasteiger partial charge in [-0.3, -0.25) is 9.59 Å². The minimum Gasteiger partial charge on any atom is -0.480 e. The van der Waals surface area contributed by atoms with Gasteiger partial charge in [0, 0.05) is 0 Å². The molecule has 0 amide bonds. The van der Waals surface area contributed by atoms with E-state index in [0.717, 1.165) is 0 Å². The Balaban J connectivity index is 4.59. The van der Waals surface area contributed by atoms with Crippen LogP contribution in [-0.4, -0.2) is 29.2 Å². The Morgan fingerprint density at radius 2 is 1.76 bits per heavy atom. The Morgan fingerprint density at radius 1 is 1.29 bits per heavy atom. The van der Waals surface area contributed by atoms with Crippen molar-refractivity contribution >= 4 is 11.9 Å². The summed E-state index contributed by atoms with van der Waals surface area (Å²) in [6.45, 7) is 8.56. The van der Waals surface area contributed by atoms with Gasteiger partial charge in [-0.2, -0.15) is 0 Å². The van der Waals surface area contributed by atoms with Crippen LogP contribution in [0, 0.1) is 11.3 Å². The first-order chi connectivity index (χ1) is 7.49. The maximum atomic E-state index is 11.5. The van der Waals surface area contributed by atoms with Gasteiger partial charge in [0.25, 0.3) is 0 Å². The van der Waals surface area contributed by atoms with Crippen LogP contribution in [0.4, 0.5) is 0 Å². The smallest absolute Gasteiger partial charge is 0.327 e. The highest BCUT2D eigenvalue weighted by Gasteiger charge is 2.37. The summed E-state index contributed by atoms with van der Waals surface area (Å²) in [7, 11) is 0. The molecular formula is C12H23NO4. The topological polar surface area (TPSA) is 89.6 Å². The minimum atomic E-state index is -1.50. The summed E-state index contributed by atoms with van der Waals surface area (Å²) < 4.78 is 4.99. The normalized spacial score (nSPS) is 15.5. The quantitative estimate of drug-likeness (QED) is 0.715. The molecule has 5 nitrogen and oxygen atoms in total. The summed E-state index contributed by atoms with van der Waals surface area (Å²) >= 11 is 0. The molecule has 0 saturated carbocycles. The summed E-state index contributed by atoms with van der Waals surface area (Å²) in [5.74, 6) is -1.48. The molecule has 3 N–H and O–H groups in total. The van der Waals surface area contributed by atoms with E-state index in [-0.39, 0.29) is 18.9 Å². The second kappa shape index (κ2) is 5.49. The van der Waals surface area contributed by atoms with E-state index in [2.05, 4.69) is 0 Å². The van der Waals surface area contributed by atoms with Gasteiger partial charge in [-0.05, 0) is 33.1 Å². The van der Waals surface area contributed by atoms with Crippen LogP contribution >= 0.6 is 0 Å². The number of rotatable bonds is 5. The molecule has 0 bridgehead atoms. The number of carboxylic acids is 1. The van der Waals surface area contributed by atoms with Gasteiger partial charge in [-0.15, -0.1) is 0 Å². The number of nitrogens with two attached hydrogens (primary N) is 1. The molecule has 0 aromatic rings. The second-order valence-corrected chi connectivity index (χ2v) is 5.89. The Morgan fingerprint density at radius 3 is 2.06 bits per heavy atom. The van der Waals surface area contributed by atoms with Crippen molar-refractivity contribution in [1.82, 2.24) is 0 Å². The number of hydrogen-bond donors (Lipinski definition) is 2. The van der Waals surface area contributed by atoms with Crippen LogP contribution in [0.2, 0.25) is 0 Å². The lowest BCUT2D eigenvalue weighted by Gasteiger charge is -2.27. The predicted molar refractivity (Wildman–Crippen MR) is 64.4 cm³/mol. The number of carbonyl (C=O) groups excluding carboxylic acids is 1. The molecule has 17 heavy (non-hydrogen) atoms. The number of ether oxygens (including phenoxy) is 1. The maximum Gasteiger partial charge on any atom is 0.327 e. The van der Waals surface area contributed by atoms with E-state index in [1.54, 1.807) is 20.8 Å². The van der Waals surface area contributed by atoms with E-state index in [1.165, 1.54) is 0 Å². The van der Waals surface area contributed by atoms with E-state index in [0.29, 0.717) is 0 Å². The van der Waals surface area contributed by atoms with Gasteiger partial charge in [0.05, 0.1) is 5.41 Å². The number of carbonyl (C=O) groups is 2. The fourth-order valence-electron chi connectivity index (χ4n) is 1.35. The third kappa shape index (κ3) is 5.17. The molecule has 0 saturated heterocycles. The first kappa shape index (κ1) is 15.9. The highest BCUT2D eigenvalue weighted by molar-refractivity contribution is 5.80. The fourth-order valence-corrected chi connectivity index (χ4v) is 1.35. The summed E-state index contributed by atoms with van der Waals surface area (Å²) in [5.41, 5.74) is 3.60. The van der Waals surface area contributed by atoms with Crippen LogP contribution in [-0.2, 0) is 14.3 Å². The third-order valence-electron chi connectivity index (χ3n) is 2.27. The monoisotopic (exact) mass is 245 g/mol. The van der Waals surface area contributed by atoms with Crippen molar-refractivity contribution < 1.29 is 19.4 Å². The third-order valence-corrected chi connectivity index (χ3v) is 2.27. The largest absolute Gasteiger partial charge is 0.480 e. The van der Waals surface area contributed by atoms with Crippen molar-refractivity contribution in [1.29, 1.82) is 0 Å². The van der Waals surface area contributed by atoms with Gasteiger partial charge >= 0.3 is 11.9 Å². The number of aliphatic carboxylic acids is 1. The van der Waals surface area contributed by atoms with Gasteiger partial charge < -0.3 is 15.6 Å². The van der Waals surface area contributed by atoms with Crippen LogP contribution in [0.1, 0.15) is 41.0 Å². The molecule has 0 aliphatic rings. The zero-order chi connectivity index (χ0) is 13.9. The first-order valence-electron chi connectivity index (χ1n) is 5.68. The molecule has 0 fully saturated rings. The average molecular weight is 245 g/mol. The van der Waals surface area contributed by atoms with E-state index in [4.69, 9.17) is 15.6 Å². The number of carboxylic acid groups (broad SMARTS) is 1. The standard InChI is InChI=1S/C12H23NO4/c1-8(2)6-12(13,9(14)15)7-17-10(16)11(3,4)5/h8H,6-7,13H2,1-5H3,(H,14,15)/t12-/m1/s1. The van der Waals surface area contributed by atoms with Crippen molar-refractivity contribution in [3.8, 4) is 0 Å². The van der Waals surface area contributed by atoms with E-state index < -0.39 is 22.9 Å². The van der Waals surface area contributed by atoms with Crippen molar-refractivity contribution in [3.05, 3.63) is 0 Å². The lowest BCUT2D eigenvalue weighted by atomic mass is 9.90. The highest BCUT2D eigenvalue weighted by atomic mass is 16.5. The maximum absolute atomic E-state index is 11.5. The molecule has 0 heterocycles. The molecule has 0 rings (SSSR count). The van der Waals surface area contributed by atoms with Gasteiger partial charge in [0.2, 0.25) is 0 Å². The molecule has 0 spiro atoms. The molecule has 5 heteroatoms. The van der Waals surface area contributed by atoms with Gasteiger partial charge in [0.1, 0.15) is 12.1 Å². The van der Waals surface area contributed by atoms with E-state index in [9.17, 15) is 9.59 Å². The Bertz CT molecular complexity index is 293. The zero-order valence-electron chi connectivity index (χ0n) is 11.2. The Hall–Kier alpha value is -1.10. The highest BCUT2D eigenvalue weighted by Crippen LogP contribution is 2.19. The molecule has 0 radical (unpaired) electrons. The SMILES string of the molecule is CC(C)C[C@@](N)(COC(=O)C(C)(C)C)C(=O)O. The van der Waals surface area contributed by atoms with Gasteiger partial charge in [-0.1, -0.05) is 13.8 Å². The summed E-state index contributed by atoms with van der Waals surface area (Å²) in [6, 6.07) is 0. The predicted octanol–water partition coefficient (Wildman–Crippen LogP) is 1.40. The summed E-state index contributed by atoms with van der Waals surface area (Å²) in [6.07, 6.45) is 0.264. The van der Waals surface area contributed by atoms with Gasteiger partial charge in [-0.25, -0.2) is 0 Å².